The Morgan fingerprint density at radius 2 is 2.08 bits per heavy atom. The molecule has 0 fully saturated rings. The standard InChI is InChI=1S/C8H7BrF3N/c9-6-2-1-5(3-7(6)10)13-4-8(11)12/h1-3,8,13H,4H2. The van der Waals surface area contributed by atoms with E-state index in [1.54, 1.807) is 0 Å². The van der Waals surface area contributed by atoms with E-state index < -0.39 is 18.8 Å². The molecule has 1 aromatic carbocycles. The van der Waals surface area contributed by atoms with Crippen LogP contribution in [0.5, 0.6) is 0 Å². The Hall–Kier alpha value is -0.710. The molecule has 1 rings (SSSR count). The number of hydrogen-bond acceptors (Lipinski definition) is 1. The zero-order valence-electron chi connectivity index (χ0n) is 6.53. The lowest BCUT2D eigenvalue weighted by atomic mass is 10.3. The van der Waals surface area contributed by atoms with Gasteiger partial charge in [0.1, 0.15) is 5.82 Å². The molecular weight excluding hydrogens is 247 g/mol. The van der Waals surface area contributed by atoms with Crippen LogP contribution in [0.25, 0.3) is 0 Å². The van der Waals surface area contributed by atoms with Crippen molar-refractivity contribution in [3.63, 3.8) is 0 Å². The van der Waals surface area contributed by atoms with Crippen LogP contribution in [-0.2, 0) is 0 Å². The van der Waals surface area contributed by atoms with Crippen LogP contribution in [0, 0.1) is 5.82 Å². The van der Waals surface area contributed by atoms with E-state index in [-0.39, 0.29) is 0 Å². The highest BCUT2D eigenvalue weighted by molar-refractivity contribution is 9.10. The third-order valence-corrected chi connectivity index (χ3v) is 2.02. The summed E-state index contributed by atoms with van der Waals surface area (Å²) < 4.78 is 36.6. The van der Waals surface area contributed by atoms with Crippen molar-refractivity contribution in [2.75, 3.05) is 11.9 Å². The summed E-state index contributed by atoms with van der Waals surface area (Å²) >= 11 is 2.96. The number of hydrogen-bond donors (Lipinski definition) is 1. The molecule has 0 spiro atoms. The molecule has 0 unspecified atom stereocenters. The molecule has 1 aromatic rings. The van der Waals surface area contributed by atoms with Crippen molar-refractivity contribution < 1.29 is 13.2 Å². The summed E-state index contributed by atoms with van der Waals surface area (Å²) in [7, 11) is 0. The Morgan fingerprint density at radius 1 is 1.38 bits per heavy atom. The Bertz CT molecular complexity index is 291. The molecule has 0 aliphatic rings. The van der Waals surface area contributed by atoms with Gasteiger partial charge in [-0.05, 0) is 34.1 Å². The maximum Gasteiger partial charge on any atom is 0.255 e. The largest absolute Gasteiger partial charge is 0.379 e. The maximum atomic E-state index is 12.8. The minimum atomic E-state index is -2.44. The first-order chi connectivity index (χ1) is 6.09. The Kier molecular flexibility index (Phi) is 3.59. The van der Waals surface area contributed by atoms with Gasteiger partial charge in [-0.15, -0.1) is 0 Å². The lowest BCUT2D eigenvalue weighted by molar-refractivity contribution is 0.163. The minimum Gasteiger partial charge on any atom is -0.379 e. The molecule has 0 heterocycles. The number of benzene rings is 1. The molecule has 5 heteroatoms. The Balaban J connectivity index is 2.63. The van der Waals surface area contributed by atoms with Gasteiger partial charge in [0.05, 0.1) is 11.0 Å². The second-order valence-corrected chi connectivity index (χ2v) is 3.26. The number of halogens is 4. The first-order valence-electron chi connectivity index (χ1n) is 3.56. The highest BCUT2D eigenvalue weighted by Crippen LogP contribution is 2.19. The molecule has 72 valence electrons. The number of rotatable bonds is 3. The van der Waals surface area contributed by atoms with Crippen LogP contribution >= 0.6 is 15.9 Å². The summed E-state index contributed by atoms with van der Waals surface area (Å²) in [5, 5.41) is 2.40. The highest BCUT2D eigenvalue weighted by atomic mass is 79.9. The van der Waals surface area contributed by atoms with Gasteiger partial charge >= 0.3 is 0 Å². The lowest BCUT2D eigenvalue weighted by Crippen LogP contribution is -2.10. The average Bonchev–Trinajstić information content (AvgIpc) is 2.07. The molecule has 0 saturated heterocycles. The van der Waals surface area contributed by atoms with Gasteiger partial charge in [-0.2, -0.15) is 0 Å². The van der Waals surface area contributed by atoms with Gasteiger partial charge in [-0.25, -0.2) is 13.2 Å². The van der Waals surface area contributed by atoms with Gasteiger partial charge in [0.15, 0.2) is 0 Å². The Labute approximate surface area is 82.1 Å². The van der Waals surface area contributed by atoms with E-state index in [2.05, 4.69) is 21.2 Å². The fourth-order valence-electron chi connectivity index (χ4n) is 0.801. The monoisotopic (exact) mass is 253 g/mol. The van der Waals surface area contributed by atoms with Crippen LogP contribution in [0.15, 0.2) is 22.7 Å². The number of alkyl halides is 2. The average molecular weight is 254 g/mol. The molecular formula is C8H7BrF3N. The molecule has 0 amide bonds. The molecule has 1 N–H and O–H groups in total. The van der Waals surface area contributed by atoms with E-state index in [0.717, 1.165) is 6.07 Å². The summed E-state index contributed by atoms with van der Waals surface area (Å²) in [6, 6.07) is 4.14. The van der Waals surface area contributed by atoms with E-state index >= 15 is 0 Å². The molecule has 0 aliphatic carbocycles. The van der Waals surface area contributed by atoms with E-state index in [0.29, 0.717) is 10.2 Å². The summed E-state index contributed by atoms with van der Waals surface area (Å²) in [4.78, 5) is 0. The molecule has 0 radical (unpaired) electrons. The third-order valence-electron chi connectivity index (χ3n) is 1.38. The summed E-state index contributed by atoms with van der Waals surface area (Å²) in [5.74, 6) is -0.473. The quantitative estimate of drug-likeness (QED) is 0.872. The van der Waals surface area contributed by atoms with Gasteiger partial charge in [-0.3, -0.25) is 0 Å². The fourth-order valence-corrected chi connectivity index (χ4v) is 1.05. The van der Waals surface area contributed by atoms with Gasteiger partial charge < -0.3 is 5.32 Å². The topological polar surface area (TPSA) is 12.0 Å². The summed E-state index contributed by atoms with van der Waals surface area (Å²) in [5.41, 5.74) is 0.348. The smallest absolute Gasteiger partial charge is 0.255 e. The molecule has 0 aliphatic heterocycles. The lowest BCUT2D eigenvalue weighted by Gasteiger charge is -2.05. The van der Waals surface area contributed by atoms with E-state index in [1.807, 2.05) is 0 Å². The van der Waals surface area contributed by atoms with Crippen molar-refractivity contribution in [1.82, 2.24) is 0 Å². The van der Waals surface area contributed by atoms with Crippen molar-refractivity contribution in [2.24, 2.45) is 0 Å². The van der Waals surface area contributed by atoms with Gasteiger partial charge in [0, 0.05) is 5.69 Å². The molecule has 0 saturated carbocycles. The van der Waals surface area contributed by atoms with Crippen molar-refractivity contribution in [1.29, 1.82) is 0 Å². The normalized spacial score (nSPS) is 10.5. The molecule has 0 bridgehead atoms. The van der Waals surface area contributed by atoms with E-state index in [4.69, 9.17) is 0 Å². The fraction of sp³-hybridized carbons (Fsp3) is 0.250. The zero-order valence-corrected chi connectivity index (χ0v) is 8.11. The van der Waals surface area contributed by atoms with E-state index in [1.165, 1.54) is 12.1 Å². The van der Waals surface area contributed by atoms with Crippen LogP contribution in [0.2, 0.25) is 0 Å². The third kappa shape index (κ3) is 3.26. The van der Waals surface area contributed by atoms with Crippen LogP contribution in [0.3, 0.4) is 0 Å². The minimum absolute atomic E-state index is 0.315. The van der Waals surface area contributed by atoms with Crippen molar-refractivity contribution in [2.45, 2.75) is 6.43 Å². The highest BCUT2D eigenvalue weighted by Gasteiger charge is 2.03. The summed E-state index contributed by atoms with van der Waals surface area (Å²) in [6.45, 7) is -0.471. The van der Waals surface area contributed by atoms with Crippen molar-refractivity contribution in [3.8, 4) is 0 Å². The molecule has 0 atom stereocenters. The predicted octanol–water partition coefficient (Wildman–Crippen LogP) is 3.27. The van der Waals surface area contributed by atoms with Crippen LogP contribution in [0.1, 0.15) is 0 Å². The predicted molar refractivity (Wildman–Crippen MR) is 48.6 cm³/mol. The van der Waals surface area contributed by atoms with Crippen LogP contribution < -0.4 is 5.32 Å². The zero-order chi connectivity index (χ0) is 9.84. The Morgan fingerprint density at radius 3 is 2.62 bits per heavy atom. The molecule has 0 aromatic heterocycles. The van der Waals surface area contributed by atoms with Crippen LogP contribution in [-0.4, -0.2) is 13.0 Å². The SMILES string of the molecule is Fc1cc(NCC(F)F)ccc1Br. The van der Waals surface area contributed by atoms with Crippen LogP contribution in [0.4, 0.5) is 18.9 Å². The van der Waals surface area contributed by atoms with E-state index in [9.17, 15) is 13.2 Å². The molecule has 13 heavy (non-hydrogen) atoms. The number of anilines is 1. The molecule has 1 nitrogen and oxygen atoms in total. The van der Waals surface area contributed by atoms with Crippen molar-refractivity contribution >= 4 is 21.6 Å². The number of nitrogens with one attached hydrogen (secondary N) is 1. The first-order valence-corrected chi connectivity index (χ1v) is 4.36. The van der Waals surface area contributed by atoms with Gasteiger partial charge in [0.2, 0.25) is 0 Å². The van der Waals surface area contributed by atoms with Crippen molar-refractivity contribution in [3.05, 3.63) is 28.5 Å². The second-order valence-electron chi connectivity index (χ2n) is 2.40. The van der Waals surface area contributed by atoms with Gasteiger partial charge in [0.25, 0.3) is 6.43 Å². The first kappa shape index (κ1) is 10.4. The maximum absolute atomic E-state index is 12.8. The van der Waals surface area contributed by atoms with Gasteiger partial charge in [-0.1, -0.05) is 0 Å². The second kappa shape index (κ2) is 4.50. The summed E-state index contributed by atoms with van der Waals surface area (Å²) in [6.07, 6.45) is -2.44.